The largest absolute Gasteiger partial charge is 0.207 e. The minimum Gasteiger partial charge on any atom is -0.207 e. The Morgan fingerprint density at radius 3 is 2.42 bits per heavy atom. The molecule has 4 heteroatoms. The molecule has 0 bridgehead atoms. The Morgan fingerprint density at radius 1 is 0.839 bits per heavy atom. The van der Waals surface area contributed by atoms with Crippen LogP contribution in [0.3, 0.4) is 0 Å². The van der Waals surface area contributed by atoms with E-state index in [1.165, 1.54) is 18.2 Å². The van der Waals surface area contributed by atoms with Gasteiger partial charge in [0.2, 0.25) is 0 Å². The Hall–Kier alpha value is -3.06. The summed E-state index contributed by atoms with van der Waals surface area (Å²) in [6, 6.07) is 12.3. The lowest BCUT2D eigenvalue weighted by Gasteiger charge is -2.26. The molecule has 0 saturated heterocycles. The molecule has 0 N–H and O–H groups in total. The molecule has 1 aliphatic rings. The molecule has 3 aromatic rings. The summed E-state index contributed by atoms with van der Waals surface area (Å²) in [5, 5.41) is 0. The molecule has 0 spiro atoms. The Morgan fingerprint density at radius 2 is 1.65 bits per heavy atom. The van der Waals surface area contributed by atoms with E-state index in [1.54, 1.807) is 12.1 Å². The SMILES string of the molecule is CCCc1ccc(C2CCc3cc(C#Cc4cccc(F)c4F)c(F)cc3C2)c(F)c1. The van der Waals surface area contributed by atoms with E-state index < -0.39 is 17.5 Å². The van der Waals surface area contributed by atoms with Crippen molar-refractivity contribution in [3.63, 3.8) is 0 Å². The van der Waals surface area contributed by atoms with Gasteiger partial charge in [-0.05, 0) is 84.2 Å². The van der Waals surface area contributed by atoms with E-state index in [9.17, 15) is 17.6 Å². The van der Waals surface area contributed by atoms with Crippen molar-refractivity contribution in [2.24, 2.45) is 0 Å². The van der Waals surface area contributed by atoms with Gasteiger partial charge in [-0.2, -0.15) is 0 Å². The highest BCUT2D eigenvalue weighted by Gasteiger charge is 2.24. The molecule has 0 heterocycles. The number of benzene rings is 3. The zero-order valence-corrected chi connectivity index (χ0v) is 17.2. The molecule has 0 fully saturated rings. The van der Waals surface area contributed by atoms with Crippen LogP contribution in [0.4, 0.5) is 17.6 Å². The Kier molecular flexibility index (Phi) is 6.13. The van der Waals surface area contributed by atoms with Crippen LogP contribution in [0.25, 0.3) is 0 Å². The third-order valence-corrected chi connectivity index (χ3v) is 5.84. The summed E-state index contributed by atoms with van der Waals surface area (Å²) in [6.45, 7) is 2.06. The van der Waals surface area contributed by atoms with Gasteiger partial charge >= 0.3 is 0 Å². The average Bonchev–Trinajstić information content (AvgIpc) is 2.75. The van der Waals surface area contributed by atoms with E-state index in [0.717, 1.165) is 42.0 Å². The van der Waals surface area contributed by atoms with Crippen LogP contribution in [-0.2, 0) is 19.3 Å². The van der Waals surface area contributed by atoms with Gasteiger partial charge in [0.1, 0.15) is 11.6 Å². The van der Waals surface area contributed by atoms with Gasteiger partial charge in [-0.1, -0.05) is 43.4 Å². The Labute approximate surface area is 179 Å². The lowest BCUT2D eigenvalue weighted by atomic mass is 9.79. The van der Waals surface area contributed by atoms with Crippen LogP contribution in [0.1, 0.15) is 59.1 Å². The predicted molar refractivity (Wildman–Crippen MR) is 114 cm³/mol. The van der Waals surface area contributed by atoms with Crippen LogP contribution in [0, 0.1) is 35.1 Å². The van der Waals surface area contributed by atoms with Crippen molar-refractivity contribution in [2.45, 2.75) is 44.9 Å². The van der Waals surface area contributed by atoms with Gasteiger partial charge in [-0.3, -0.25) is 0 Å². The second-order valence-electron chi connectivity index (χ2n) is 8.00. The van der Waals surface area contributed by atoms with Gasteiger partial charge < -0.3 is 0 Å². The second-order valence-corrected chi connectivity index (χ2v) is 8.00. The van der Waals surface area contributed by atoms with Gasteiger partial charge in [0.25, 0.3) is 0 Å². The van der Waals surface area contributed by atoms with E-state index in [0.29, 0.717) is 18.4 Å². The normalized spacial score (nSPS) is 15.2. The third-order valence-electron chi connectivity index (χ3n) is 5.84. The predicted octanol–water partition coefficient (Wildman–Crippen LogP) is 6.87. The summed E-state index contributed by atoms with van der Waals surface area (Å²) in [5.41, 5.74) is 3.51. The molecule has 1 aliphatic carbocycles. The van der Waals surface area contributed by atoms with E-state index in [-0.39, 0.29) is 22.9 Å². The van der Waals surface area contributed by atoms with Crippen molar-refractivity contribution in [1.29, 1.82) is 0 Å². The smallest absolute Gasteiger partial charge is 0.174 e. The fourth-order valence-corrected chi connectivity index (χ4v) is 4.22. The topological polar surface area (TPSA) is 0 Å². The van der Waals surface area contributed by atoms with E-state index in [4.69, 9.17) is 0 Å². The molecule has 0 saturated carbocycles. The average molecular weight is 422 g/mol. The summed E-state index contributed by atoms with van der Waals surface area (Å²) in [6.07, 6.45) is 3.81. The minimum atomic E-state index is -1.04. The summed E-state index contributed by atoms with van der Waals surface area (Å²) in [7, 11) is 0. The lowest BCUT2D eigenvalue weighted by molar-refractivity contribution is 0.506. The van der Waals surface area contributed by atoms with Gasteiger partial charge in [-0.15, -0.1) is 0 Å². The second kappa shape index (κ2) is 8.98. The summed E-state index contributed by atoms with van der Waals surface area (Å²) < 4.78 is 56.4. The maximum atomic E-state index is 14.7. The Bertz CT molecular complexity index is 1180. The van der Waals surface area contributed by atoms with Crippen molar-refractivity contribution in [2.75, 3.05) is 0 Å². The van der Waals surface area contributed by atoms with E-state index in [1.807, 2.05) is 12.1 Å². The third kappa shape index (κ3) is 4.51. The molecular weight excluding hydrogens is 400 g/mol. The first-order valence-electron chi connectivity index (χ1n) is 10.5. The Balaban J connectivity index is 1.58. The zero-order valence-electron chi connectivity index (χ0n) is 17.2. The maximum Gasteiger partial charge on any atom is 0.174 e. The molecule has 0 nitrogen and oxygen atoms in total. The molecule has 31 heavy (non-hydrogen) atoms. The monoisotopic (exact) mass is 422 g/mol. The first-order valence-corrected chi connectivity index (χ1v) is 10.5. The van der Waals surface area contributed by atoms with Gasteiger partial charge in [0.05, 0.1) is 11.1 Å². The van der Waals surface area contributed by atoms with Crippen LogP contribution >= 0.6 is 0 Å². The fraction of sp³-hybridized carbons (Fsp3) is 0.259. The quantitative estimate of drug-likeness (QED) is 0.319. The summed E-state index contributed by atoms with van der Waals surface area (Å²) in [4.78, 5) is 0. The van der Waals surface area contributed by atoms with E-state index in [2.05, 4.69) is 18.8 Å². The molecule has 0 aliphatic heterocycles. The number of hydrogen-bond acceptors (Lipinski definition) is 0. The number of fused-ring (bicyclic) bond motifs is 1. The maximum absolute atomic E-state index is 14.7. The summed E-state index contributed by atoms with van der Waals surface area (Å²) >= 11 is 0. The molecule has 1 unspecified atom stereocenters. The van der Waals surface area contributed by atoms with Crippen molar-refractivity contribution in [3.8, 4) is 11.8 Å². The zero-order chi connectivity index (χ0) is 22.0. The van der Waals surface area contributed by atoms with Crippen LogP contribution in [0.5, 0.6) is 0 Å². The van der Waals surface area contributed by atoms with Gasteiger partial charge in [0.15, 0.2) is 11.6 Å². The first-order chi connectivity index (χ1) is 15.0. The molecule has 0 amide bonds. The first kappa shape index (κ1) is 21.2. The van der Waals surface area contributed by atoms with Gasteiger partial charge in [0, 0.05) is 0 Å². The number of aryl methyl sites for hydroxylation is 2. The highest BCUT2D eigenvalue weighted by molar-refractivity contribution is 5.48. The minimum absolute atomic E-state index is 0.000834. The van der Waals surface area contributed by atoms with Crippen LogP contribution in [0.15, 0.2) is 48.5 Å². The van der Waals surface area contributed by atoms with Crippen molar-refractivity contribution in [1.82, 2.24) is 0 Å². The number of hydrogen-bond donors (Lipinski definition) is 0. The number of halogens is 4. The molecule has 0 radical (unpaired) electrons. The van der Waals surface area contributed by atoms with Crippen molar-refractivity contribution in [3.05, 3.63) is 105 Å². The standard InChI is InChI=1S/C27H22F4/c1-2-4-17-7-12-23(26(30)13-17)20-10-9-19-14-21(25(29)16-22(19)15-20)11-8-18-5-3-6-24(28)27(18)31/h3,5-7,12-14,16,20H,2,4,9-10,15H2,1H3. The molecule has 4 rings (SSSR count). The lowest BCUT2D eigenvalue weighted by Crippen LogP contribution is -2.15. The fourth-order valence-electron chi connectivity index (χ4n) is 4.22. The highest BCUT2D eigenvalue weighted by atomic mass is 19.2. The molecule has 158 valence electrons. The highest BCUT2D eigenvalue weighted by Crippen LogP contribution is 2.35. The van der Waals surface area contributed by atoms with Crippen molar-refractivity contribution >= 4 is 0 Å². The van der Waals surface area contributed by atoms with Crippen molar-refractivity contribution < 1.29 is 17.6 Å². The molecule has 0 aromatic heterocycles. The van der Waals surface area contributed by atoms with Crippen LogP contribution in [-0.4, -0.2) is 0 Å². The van der Waals surface area contributed by atoms with Crippen LogP contribution < -0.4 is 0 Å². The van der Waals surface area contributed by atoms with E-state index >= 15 is 0 Å². The molecule has 1 atom stereocenters. The number of rotatable bonds is 3. The molecular formula is C27H22F4. The van der Waals surface area contributed by atoms with Gasteiger partial charge in [-0.25, -0.2) is 17.6 Å². The molecule has 3 aromatic carbocycles. The van der Waals surface area contributed by atoms with Crippen LogP contribution in [0.2, 0.25) is 0 Å². The summed E-state index contributed by atoms with van der Waals surface area (Å²) in [5.74, 6) is 2.41.